The smallest absolute Gasteiger partial charge is 0.223 e. The molecule has 0 amide bonds. The molecule has 1 heterocycles. The van der Waals surface area contributed by atoms with Crippen LogP contribution in [0.1, 0.15) is 31.9 Å². The van der Waals surface area contributed by atoms with Crippen LogP contribution in [0.25, 0.3) is 0 Å². The van der Waals surface area contributed by atoms with Gasteiger partial charge >= 0.3 is 0 Å². The molecule has 1 rings (SSSR count). The van der Waals surface area contributed by atoms with Crippen molar-refractivity contribution in [3.8, 4) is 0 Å². The minimum absolute atomic E-state index is 0.0984. The Morgan fingerprint density at radius 1 is 1.27 bits per heavy atom. The van der Waals surface area contributed by atoms with E-state index < -0.39 is 0 Å². The van der Waals surface area contributed by atoms with Crippen LogP contribution in [-0.2, 0) is 17.6 Å². The minimum atomic E-state index is 0.0984. The monoisotopic (exact) mass is 210 g/mol. The topological polar surface area (TPSA) is 73.9 Å². The normalized spacial score (nSPS) is 12.7. The Kier molecular flexibility index (Phi) is 4.42. The summed E-state index contributed by atoms with van der Waals surface area (Å²) < 4.78 is 5.15. The molecule has 0 aliphatic rings. The predicted octanol–water partition coefficient (Wildman–Crippen LogP) is 0.984. The number of ether oxygens (including phenoxy) is 1. The zero-order chi connectivity index (χ0) is 11.3. The molecular formula is C10H18N4O. The molecule has 0 aliphatic carbocycles. The third-order valence-corrected chi connectivity index (χ3v) is 2.09. The van der Waals surface area contributed by atoms with Crippen LogP contribution in [0, 0.1) is 0 Å². The average molecular weight is 210 g/mol. The number of methoxy groups -OCH3 is 1. The fraction of sp³-hybridized carbons (Fsp3) is 0.700. The van der Waals surface area contributed by atoms with Gasteiger partial charge in [-0.1, -0.05) is 6.92 Å². The number of aryl methyl sites for hydroxylation is 1. The quantitative estimate of drug-likeness (QED) is 0.784. The summed E-state index contributed by atoms with van der Waals surface area (Å²) in [5, 5.41) is 0. The van der Waals surface area contributed by atoms with Crippen LogP contribution in [0.2, 0.25) is 0 Å². The Labute approximate surface area is 90.1 Å². The van der Waals surface area contributed by atoms with Crippen LogP contribution in [0.5, 0.6) is 0 Å². The average Bonchev–Trinajstić information content (AvgIpc) is 2.17. The van der Waals surface area contributed by atoms with E-state index in [2.05, 4.69) is 21.9 Å². The van der Waals surface area contributed by atoms with E-state index in [1.54, 1.807) is 7.11 Å². The molecule has 1 unspecified atom stereocenters. The SMILES string of the molecule is CCCc1nc(N)nc(CC(C)OC)n1. The van der Waals surface area contributed by atoms with Gasteiger partial charge in [-0.25, -0.2) is 4.98 Å². The first-order valence-corrected chi connectivity index (χ1v) is 5.17. The standard InChI is InChI=1S/C10H18N4O/c1-4-5-8-12-9(6-7(2)15-3)14-10(11)13-8/h7H,4-6H2,1-3H3,(H2,11,12,13,14). The van der Waals surface area contributed by atoms with Gasteiger partial charge in [-0.05, 0) is 13.3 Å². The molecule has 84 valence electrons. The Morgan fingerprint density at radius 3 is 2.53 bits per heavy atom. The van der Waals surface area contributed by atoms with E-state index in [-0.39, 0.29) is 6.10 Å². The molecule has 1 aromatic rings. The van der Waals surface area contributed by atoms with Gasteiger partial charge in [0.05, 0.1) is 6.10 Å². The van der Waals surface area contributed by atoms with Crippen LogP contribution >= 0.6 is 0 Å². The molecule has 2 N–H and O–H groups in total. The molecule has 0 saturated heterocycles. The first-order chi connectivity index (χ1) is 7.15. The third kappa shape index (κ3) is 3.79. The predicted molar refractivity (Wildman–Crippen MR) is 58.4 cm³/mol. The van der Waals surface area contributed by atoms with Crippen molar-refractivity contribution >= 4 is 5.95 Å². The number of nitrogens with two attached hydrogens (primary N) is 1. The molecule has 0 saturated carbocycles. The second-order valence-electron chi connectivity index (χ2n) is 3.53. The molecule has 0 aromatic carbocycles. The second-order valence-corrected chi connectivity index (χ2v) is 3.53. The lowest BCUT2D eigenvalue weighted by molar-refractivity contribution is 0.117. The molecule has 15 heavy (non-hydrogen) atoms. The second kappa shape index (κ2) is 5.60. The highest BCUT2D eigenvalue weighted by atomic mass is 16.5. The maximum Gasteiger partial charge on any atom is 0.223 e. The lowest BCUT2D eigenvalue weighted by atomic mass is 10.2. The Balaban J connectivity index is 2.78. The summed E-state index contributed by atoms with van der Waals surface area (Å²) >= 11 is 0. The lowest BCUT2D eigenvalue weighted by Gasteiger charge is -2.08. The summed E-state index contributed by atoms with van der Waals surface area (Å²) in [6.07, 6.45) is 2.60. The highest BCUT2D eigenvalue weighted by molar-refractivity contribution is 5.16. The van der Waals surface area contributed by atoms with Crippen molar-refractivity contribution < 1.29 is 4.74 Å². The summed E-state index contributed by atoms with van der Waals surface area (Å²) in [6.45, 7) is 4.05. The van der Waals surface area contributed by atoms with E-state index in [9.17, 15) is 0 Å². The summed E-state index contributed by atoms with van der Waals surface area (Å²) in [7, 11) is 1.67. The molecule has 1 atom stereocenters. The van der Waals surface area contributed by atoms with E-state index in [0.29, 0.717) is 18.2 Å². The first kappa shape index (κ1) is 11.8. The molecule has 0 radical (unpaired) electrons. The molecular weight excluding hydrogens is 192 g/mol. The number of hydrogen-bond acceptors (Lipinski definition) is 5. The van der Waals surface area contributed by atoms with Crippen LogP contribution in [0.4, 0.5) is 5.95 Å². The van der Waals surface area contributed by atoms with Crippen molar-refractivity contribution in [2.45, 2.75) is 39.2 Å². The Bertz CT molecular complexity index is 316. The molecule has 0 aliphatic heterocycles. The van der Waals surface area contributed by atoms with Crippen molar-refractivity contribution in [1.82, 2.24) is 15.0 Å². The van der Waals surface area contributed by atoms with Gasteiger partial charge in [0.25, 0.3) is 0 Å². The van der Waals surface area contributed by atoms with Gasteiger partial charge in [-0.3, -0.25) is 0 Å². The maximum absolute atomic E-state index is 5.60. The molecule has 5 heteroatoms. The highest BCUT2D eigenvalue weighted by Gasteiger charge is 2.07. The van der Waals surface area contributed by atoms with Gasteiger partial charge in [0.2, 0.25) is 5.95 Å². The molecule has 5 nitrogen and oxygen atoms in total. The number of rotatable bonds is 5. The fourth-order valence-electron chi connectivity index (χ4n) is 1.26. The number of nitrogen functional groups attached to an aromatic ring is 1. The van der Waals surface area contributed by atoms with Gasteiger partial charge < -0.3 is 10.5 Å². The number of anilines is 1. The summed E-state index contributed by atoms with van der Waals surface area (Å²) in [4.78, 5) is 12.5. The zero-order valence-electron chi connectivity index (χ0n) is 9.53. The van der Waals surface area contributed by atoms with Crippen LogP contribution in [0.3, 0.4) is 0 Å². The van der Waals surface area contributed by atoms with Crippen molar-refractivity contribution in [1.29, 1.82) is 0 Å². The van der Waals surface area contributed by atoms with Crippen molar-refractivity contribution in [3.05, 3.63) is 11.6 Å². The van der Waals surface area contributed by atoms with Gasteiger partial charge in [0.15, 0.2) is 0 Å². The lowest BCUT2D eigenvalue weighted by Crippen LogP contribution is -2.14. The number of hydrogen-bond donors (Lipinski definition) is 1. The van der Waals surface area contributed by atoms with E-state index in [1.807, 2.05) is 6.92 Å². The zero-order valence-corrected chi connectivity index (χ0v) is 9.53. The first-order valence-electron chi connectivity index (χ1n) is 5.17. The van der Waals surface area contributed by atoms with E-state index in [0.717, 1.165) is 18.7 Å². The van der Waals surface area contributed by atoms with Crippen molar-refractivity contribution in [3.63, 3.8) is 0 Å². The van der Waals surface area contributed by atoms with E-state index >= 15 is 0 Å². The van der Waals surface area contributed by atoms with Crippen LogP contribution in [-0.4, -0.2) is 28.2 Å². The van der Waals surface area contributed by atoms with Gasteiger partial charge in [0.1, 0.15) is 11.6 Å². The van der Waals surface area contributed by atoms with E-state index in [4.69, 9.17) is 10.5 Å². The third-order valence-electron chi connectivity index (χ3n) is 2.09. The van der Waals surface area contributed by atoms with Crippen LogP contribution < -0.4 is 5.73 Å². The maximum atomic E-state index is 5.60. The largest absolute Gasteiger partial charge is 0.381 e. The van der Waals surface area contributed by atoms with Gasteiger partial charge in [0, 0.05) is 20.0 Å². The van der Waals surface area contributed by atoms with Crippen molar-refractivity contribution in [2.24, 2.45) is 0 Å². The Morgan fingerprint density at radius 2 is 1.93 bits per heavy atom. The van der Waals surface area contributed by atoms with Gasteiger partial charge in [-0.2, -0.15) is 9.97 Å². The highest BCUT2D eigenvalue weighted by Crippen LogP contribution is 2.04. The summed E-state index contributed by atoms with van der Waals surface area (Å²) in [5.74, 6) is 1.77. The molecule has 0 fully saturated rings. The van der Waals surface area contributed by atoms with E-state index in [1.165, 1.54) is 0 Å². The van der Waals surface area contributed by atoms with Gasteiger partial charge in [-0.15, -0.1) is 0 Å². The summed E-state index contributed by atoms with van der Waals surface area (Å²) in [5.41, 5.74) is 5.60. The van der Waals surface area contributed by atoms with Crippen LogP contribution in [0.15, 0.2) is 0 Å². The fourth-order valence-corrected chi connectivity index (χ4v) is 1.26. The summed E-state index contributed by atoms with van der Waals surface area (Å²) in [6, 6.07) is 0. The minimum Gasteiger partial charge on any atom is -0.381 e. The number of nitrogens with zero attached hydrogens (tertiary/aromatic N) is 3. The molecule has 0 spiro atoms. The molecule has 0 bridgehead atoms. The Hall–Kier alpha value is -1.23. The van der Waals surface area contributed by atoms with Crippen molar-refractivity contribution in [2.75, 3.05) is 12.8 Å². The molecule has 1 aromatic heterocycles. The number of aromatic nitrogens is 3.